The Morgan fingerprint density at radius 1 is 0.970 bits per heavy atom. The Bertz CT molecular complexity index is 1110. The van der Waals surface area contributed by atoms with Gasteiger partial charge in [0.2, 0.25) is 0 Å². The van der Waals surface area contributed by atoms with E-state index < -0.39 is 30.4 Å². The van der Waals surface area contributed by atoms with Crippen LogP contribution in [0.5, 0.6) is 17.2 Å². The third-order valence-corrected chi connectivity index (χ3v) is 4.43. The van der Waals surface area contributed by atoms with Gasteiger partial charge in [-0.25, -0.2) is 9.69 Å². The Morgan fingerprint density at radius 3 is 2.30 bits per heavy atom. The molecule has 1 N–H and O–H groups in total. The van der Waals surface area contributed by atoms with Crippen molar-refractivity contribution < 1.29 is 38.5 Å². The normalized spacial score (nSPS) is 14.8. The van der Waals surface area contributed by atoms with Gasteiger partial charge in [-0.1, -0.05) is 6.07 Å². The topological polar surface area (TPSA) is 134 Å². The maximum Gasteiger partial charge on any atom is 0.335 e. The number of rotatable bonds is 9. The largest absolute Gasteiger partial charge is 0.546 e. The number of ether oxygens (including phenoxy) is 3. The molecule has 10 heteroatoms. The van der Waals surface area contributed by atoms with Crippen LogP contribution >= 0.6 is 0 Å². The number of carboxylic acids is 1. The van der Waals surface area contributed by atoms with Crippen molar-refractivity contribution in [2.24, 2.45) is 0 Å². The number of amides is 4. The number of nitrogens with zero attached hydrogens (tertiary/aromatic N) is 1. The first-order valence-corrected chi connectivity index (χ1v) is 10.1. The van der Waals surface area contributed by atoms with Crippen molar-refractivity contribution in [1.29, 1.82) is 0 Å². The first-order chi connectivity index (χ1) is 15.8. The van der Waals surface area contributed by atoms with Crippen LogP contribution in [0.4, 0.5) is 10.5 Å². The SMILES string of the molecule is CCOc1ccc(N2C(=O)NC(=O)/C(=C/c3ccc(OCC(=O)[O-])c(OCC)c3)C2=O)cc1. The Labute approximate surface area is 189 Å². The molecule has 33 heavy (non-hydrogen) atoms. The van der Waals surface area contributed by atoms with Crippen LogP contribution in [0.25, 0.3) is 6.08 Å². The number of benzene rings is 2. The summed E-state index contributed by atoms with van der Waals surface area (Å²) in [5.41, 5.74) is 0.397. The number of aliphatic carboxylic acids is 1. The summed E-state index contributed by atoms with van der Waals surface area (Å²) in [6.45, 7) is 3.62. The molecule has 0 bridgehead atoms. The van der Waals surface area contributed by atoms with Crippen LogP contribution in [0, 0.1) is 0 Å². The summed E-state index contributed by atoms with van der Waals surface area (Å²) in [5.74, 6) is -2.09. The van der Waals surface area contributed by atoms with Crippen LogP contribution < -0.4 is 29.5 Å². The monoisotopic (exact) mass is 453 g/mol. The fourth-order valence-electron chi connectivity index (χ4n) is 3.06. The summed E-state index contributed by atoms with van der Waals surface area (Å²) in [6.07, 6.45) is 1.30. The third-order valence-electron chi connectivity index (χ3n) is 4.43. The van der Waals surface area contributed by atoms with Gasteiger partial charge >= 0.3 is 6.03 Å². The molecule has 172 valence electrons. The summed E-state index contributed by atoms with van der Waals surface area (Å²) < 4.78 is 16.0. The van der Waals surface area contributed by atoms with Gasteiger partial charge in [0.25, 0.3) is 11.8 Å². The van der Waals surface area contributed by atoms with E-state index in [-0.39, 0.29) is 29.4 Å². The molecule has 1 fully saturated rings. The molecule has 3 rings (SSSR count). The van der Waals surface area contributed by atoms with E-state index in [1.54, 1.807) is 19.1 Å². The van der Waals surface area contributed by atoms with Crippen LogP contribution in [0.2, 0.25) is 0 Å². The van der Waals surface area contributed by atoms with Gasteiger partial charge in [0.1, 0.15) is 17.9 Å². The second-order valence-corrected chi connectivity index (χ2v) is 6.68. The minimum absolute atomic E-state index is 0.161. The highest BCUT2D eigenvalue weighted by molar-refractivity contribution is 6.39. The zero-order valence-corrected chi connectivity index (χ0v) is 18.0. The number of urea groups is 1. The summed E-state index contributed by atoms with van der Waals surface area (Å²) in [4.78, 5) is 49.3. The Kier molecular flexibility index (Phi) is 7.29. The predicted molar refractivity (Wildman–Crippen MR) is 115 cm³/mol. The van der Waals surface area contributed by atoms with E-state index in [1.165, 1.54) is 36.4 Å². The summed E-state index contributed by atoms with van der Waals surface area (Å²) in [7, 11) is 0. The molecule has 0 saturated carbocycles. The van der Waals surface area contributed by atoms with Gasteiger partial charge in [-0.05, 0) is 61.9 Å². The Morgan fingerprint density at radius 2 is 1.67 bits per heavy atom. The molecular weight excluding hydrogens is 432 g/mol. The van der Waals surface area contributed by atoms with Crippen LogP contribution in [0.3, 0.4) is 0 Å². The van der Waals surface area contributed by atoms with Crippen molar-refractivity contribution in [3.05, 3.63) is 53.6 Å². The van der Waals surface area contributed by atoms with Gasteiger partial charge in [0, 0.05) is 0 Å². The number of imide groups is 2. The molecule has 1 saturated heterocycles. The number of barbiturate groups is 1. The molecule has 4 amide bonds. The average molecular weight is 453 g/mol. The standard InChI is InChI=1S/C23H22N2O8/c1-3-31-16-8-6-15(7-9-16)25-22(29)17(21(28)24-23(25)30)11-14-5-10-18(33-13-20(26)27)19(12-14)32-4-2/h5-12H,3-4,13H2,1-2H3,(H,26,27)(H,24,28,30)/p-1/b17-11-. The molecule has 0 unspecified atom stereocenters. The molecule has 2 aromatic rings. The average Bonchev–Trinajstić information content (AvgIpc) is 2.77. The highest BCUT2D eigenvalue weighted by Gasteiger charge is 2.36. The molecule has 1 aliphatic heterocycles. The van der Waals surface area contributed by atoms with E-state index in [0.717, 1.165) is 4.90 Å². The summed E-state index contributed by atoms with van der Waals surface area (Å²) >= 11 is 0. The number of carboxylic acid groups (broad SMARTS) is 1. The highest BCUT2D eigenvalue weighted by atomic mass is 16.5. The van der Waals surface area contributed by atoms with Gasteiger partial charge in [0.15, 0.2) is 11.5 Å². The minimum atomic E-state index is -1.40. The van der Waals surface area contributed by atoms with Gasteiger partial charge in [0.05, 0.1) is 24.9 Å². The van der Waals surface area contributed by atoms with Crippen LogP contribution in [0.1, 0.15) is 19.4 Å². The van der Waals surface area contributed by atoms with E-state index in [9.17, 15) is 24.3 Å². The van der Waals surface area contributed by atoms with E-state index in [0.29, 0.717) is 17.9 Å². The molecule has 1 aliphatic rings. The second kappa shape index (κ2) is 10.3. The lowest BCUT2D eigenvalue weighted by Gasteiger charge is -2.26. The van der Waals surface area contributed by atoms with E-state index in [4.69, 9.17) is 14.2 Å². The lowest BCUT2D eigenvalue weighted by atomic mass is 10.1. The molecule has 0 spiro atoms. The van der Waals surface area contributed by atoms with E-state index in [2.05, 4.69) is 5.32 Å². The molecule has 0 aliphatic carbocycles. The van der Waals surface area contributed by atoms with Crippen LogP contribution in [-0.2, 0) is 14.4 Å². The quantitative estimate of drug-likeness (QED) is 0.443. The molecule has 0 radical (unpaired) electrons. The molecular formula is C23H21N2O8-. The van der Waals surface area contributed by atoms with Crippen molar-refractivity contribution >= 4 is 35.6 Å². The van der Waals surface area contributed by atoms with Gasteiger partial charge < -0.3 is 24.1 Å². The van der Waals surface area contributed by atoms with Crippen molar-refractivity contribution in [3.8, 4) is 17.2 Å². The van der Waals surface area contributed by atoms with E-state index >= 15 is 0 Å². The third kappa shape index (κ3) is 5.48. The molecule has 1 heterocycles. The Balaban J connectivity index is 1.92. The fraction of sp³-hybridized carbons (Fsp3) is 0.217. The Hall–Kier alpha value is -4.34. The van der Waals surface area contributed by atoms with Crippen molar-refractivity contribution in [2.75, 3.05) is 24.7 Å². The van der Waals surface area contributed by atoms with Crippen molar-refractivity contribution in [2.45, 2.75) is 13.8 Å². The van der Waals surface area contributed by atoms with Gasteiger partial charge in [-0.15, -0.1) is 0 Å². The van der Waals surface area contributed by atoms with Crippen LogP contribution in [-0.4, -0.2) is 43.6 Å². The number of nitrogens with one attached hydrogen (secondary N) is 1. The lowest BCUT2D eigenvalue weighted by Crippen LogP contribution is -2.54. The molecule has 0 aromatic heterocycles. The number of carbonyl (C=O) groups is 4. The zero-order chi connectivity index (χ0) is 24.0. The van der Waals surface area contributed by atoms with Gasteiger partial charge in [-0.3, -0.25) is 14.9 Å². The zero-order valence-electron chi connectivity index (χ0n) is 18.0. The number of hydrogen-bond donors (Lipinski definition) is 1. The summed E-state index contributed by atoms with van der Waals surface area (Å²) in [5, 5.41) is 12.8. The maximum absolute atomic E-state index is 13.0. The molecule has 10 nitrogen and oxygen atoms in total. The highest BCUT2D eigenvalue weighted by Crippen LogP contribution is 2.30. The predicted octanol–water partition coefficient (Wildman–Crippen LogP) is 1.28. The molecule has 2 aromatic carbocycles. The maximum atomic E-state index is 13.0. The molecule has 0 atom stereocenters. The van der Waals surface area contributed by atoms with Crippen molar-refractivity contribution in [3.63, 3.8) is 0 Å². The summed E-state index contributed by atoms with van der Waals surface area (Å²) in [6, 6.07) is 9.86. The first kappa shape index (κ1) is 23.3. The van der Waals surface area contributed by atoms with E-state index in [1.807, 2.05) is 6.92 Å². The lowest BCUT2D eigenvalue weighted by molar-refractivity contribution is -0.307. The van der Waals surface area contributed by atoms with Gasteiger partial charge in [-0.2, -0.15) is 0 Å². The second-order valence-electron chi connectivity index (χ2n) is 6.68. The van der Waals surface area contributed by atoms with Crippen molar-refractivity contribution in [1.82, 2.24) is 5.32 Å². The van der Waals surface area contributed by atoms with Crippen LogP contribution in [0.15, 0.2) is 48.0 Å². The first-order valence-electron chi connectivity index (χ1n) is 10.1. The fourth-order valence-corrected chi connectivity index (χ4v) is 3.06. The number of hydrogen-bond acceptors (Lipinski definition) is 8. The number of carbonyl (C=O) groups excluding carboxylic acids is 4. The smallest absolute Gasteiger partial charge is 0.335 e. The number of anilines is 1. The minimum Gasteiger partial charge on any atom is -0.546 e.